The van der Waals surface area contributed by atoms with Gasteiger partial charge in [-0.2, -0.15) is 0 Å². The molecule has 1 aliphatic rings. The van der Waals surface area contributed by atoms with Crippen molar-refractivity contribution >= 4 is 17.6 Å². The smallest absolute Gasteiger partial charge is 0.130 e. The molecule has 3 aromatic carbocycles. The lowest BCUT2D eigenvalue weighted by Gasteiger charge is -2.47. The van der Waals surface area contributed by atoms with Crippen molar-refractivity contribution in [1.29, 1.82) is 0 Å². The molecular formula is C28H32N2O. The van der Waals surface area contributed by atoms with Crippen LogP contribution in [-0.2, 0) is 0 Å². The van der Waals surface area contributed by atoms with Crippen molar-refractivity contribution in [3.63, 3.8) is 0 Å². The average molecular weight is 413 g/mol. The fraction of sp³-hybridized carbons (Fsp3) is 0.321. The Morgan fingerprint density at radius 3 is 2.52 bits per heavy atom. The second-order valence-corrected chi connectivity index (χ2v) is 9.10. The molecule has 160 valence electrons. The predicted octanol–water partition coefficient (Wildman–Crippen LogP) is 7.65. The van der Waals surface area contributed by atoms with Crippen LogP contribution in [0.25, 0.3) is 0 Å². The third kappa shape index (κ3) is 4.51. The first kappa shape index (κ1) is 21.2. The maximum Gasteiger partial charge on any atom is 0.130 e. The van der Waals surface area contributed by atoms with Crippen LogP contribution >= 0.6 is 0 Å². The van der Waals surface area contributed by atoms with E-state index in [9.17, 15) is 0 Å². The number of nitrogens with zero attached hydrogens (tertiary/aromatic N) is 2. The van der Waals surface area contributed by atoms with E-state index in [4.69, 9.17) is 4.74 Å². The number of anilines is 1. The van der Waals surface area contributed by atoms with Crippen LogP contribution in [0.4, 0.5) is 11.4 Å². The standard InChI is InChI=1S/C28H32N2O/c1-6-30-26-16-11-22(17-25(26)21(3)18-28(30,4)5)19-29-23-12-14-24(15-13-23)31-27-10-8-7-9-20(27)2/h7-17,19,21H,6,18H2,1-5H3. The summed E-state index contributed by atoms with van der Waals surface area (Å²) in [5.74, 6) is 2.24. The largest absolute Gasteiger partial charge is 0.457 e. The topological polar surface area (TPSA) is 24.8 Å². The van der Waals surface area contributed by atoms with E-state index in [0.29, 0.717) is 5.92 Å². The summed E-state index contributed by atoms with van der Waals surface area (Å²) in [5.41, 5.74) is 6.16. The normalized spacial score (nSPS) is 17.6. The van der Waals surface area contributed by atoms with E-state index in [2.05, 4.69) is 55.8 Å². The third-order valence-electron chi connectivity index (χ3n) is 6.25. The first-order chi connectivity index (χ1) is 14.9. The summed E-state index contributed by atoms with van der Waals surface area (Å²) in [6.45, 7) is 12.3. The monoisotopic (exact) mass is 412 g/mol. The van der Waals surface area contributed by atoms with Gasteiger partial charge in [0, 0.05) is 24.0 Å². The number of para-hydroxylation sites is 1. The van der Waals surface area contributed by atoms with Gasteiger partial charge in [-0.3, -0.25) is 4.99 Å². The molecule has 0 N–H and O–H groups in total. The highest BCUT2D eigenvalue weighted by Gasteiger charge is 2.35. The number of aryl methyl sites for hydroxylation is 1. The van der Waals surface area contributed by atoms with Crippen molar-refractivity contribution in [2.24, 2.45) is 4.99 Å². The van der Waals surface area contributed by atoms with Crippen molar-refractivity contribution < 1.29 is 4.74 Å². The van der Waals surface area contributed by atoms with E-state index in [1.165, 1.54) is 11.3 Å². The van der Waals surface area contributed by atoms with Crippen molar-refractivity contribution in [3.05, 3.63) is 83.4 Å². The number of hydrogen-bond donors (Lipinski definition) is 0. The molecule has 0 radical (unpaired) electrons. The average Bonchev–Trinajstić information content (AvgIpc) is 2.75. The minimum atomic E-state index is 0.193. The highest BCUT2D eigenvalue weighted by molar-refractivity contribution is 5.83. The molecule has 1 aliphatic heterocycles. The van der Waals surface area contributed by atoms with E-state index in [-0.39, 0.29) is 5.54 Å². The molecule has 0 amide bonds. The minimum Gasteiger partial charge on any atom is -0.457 e. The van der Waals surface area contributed by atoms with Crippen LogP contribution in [-0.4, -0.2) is 18.3 Å². The molecule has 0 spiro atoms. The lowest BCUT2D eigenvalue weighted by molar-refractivity contribution is 0.381. The molecule has 0 aromatic heterocycles. The Labute approximate surface area is 186 Å². The molecule has 0 aliphatic carbocycles. The fourth-order valence-corrected chi connectivity index (χ4v) is 4.73. The zero-order chi connectivity index (χ0) is 22.0. The van der Waals surface area contributed by atoms with Gasteiger partial charge in [0.1, 0.15) is 11.5 Å². The number of hydrogen-bond acceptors (Lipinski definition) is 3. The van der Waals surface area contributed by atoms with Gasteiger partial charge in [-0.15, -0.1) is 0 Å². The molecular weight excluding hydrogens is 380 g/mol. The van der Waals surface area contributed by atoms with Crippen molar-refractivity contribution in [2.75, 3.05) is 11.4 Å². The second-order valence-electron chi connectivity index (χ2n) is 9.10. The maximum atomic E-state index is 5.98. The summed E-state index contributed by atoms with van der Waals surface area (Å²) >= 11 is 0. The summed E-state index contributed by atoms with van der Waals surface area (Å²) in [4.78, 5) is 7.21. The van der Waals surface area contributed by atoms with Gasteiger partial charge in [-0.05, 0) is 99.2 Å². The molecule has 0 fully saturated rings. The first-order valence-electron chi connectivity index (χ1n) is 11.2. The Hall–Kier alpha value is -3.07. The SMILES string of the molecule is CCN1c2ccc(C=Nc3ccc(Oc4ccccc4C)cc3)cc2C(C)CC1(C)C. The molecule has 31 heavy (non-hydrogen) atoms. The molecule has 1 atom stereocenters. The van der Waals surface area contributed by atoms with Gasteiger partial charge in [-0.25, -0.2) is 0 Å². The second kappa shape index (κ2) is 8.58. The molecule has 3 heteroatoms. The molecule has 4 rings (SSSR count). The summed E-state index contributed by atoms with van der Waals surface area (Å²) < 4.78 is 5.98. The van der Waals surface area contributed by atoms with Gasteiger partial charge in [0.05, 0.1) is 5.69 Å². The number of fused-ring (bicyclic) bond motifs is 1. The first-order valence-corrected chi connectivity index (χ1v) is 11.2. The summed E-state index contributed by atoms with van der Waals surface area (Å²) in [6.07, 6.45) is 3.12. The molecule has 0 bridgehead atoms. The van der Waals surface area contributed by atoms with Gasteiger partial charge in [0.2, 0.25) is 0 Å². The van der Waals surface area contributed by atoms with E-state index in [1.807, 2.05) is 61.7 Å². The van der Waals surface area contributed by atoms with Crippen LogP contribution in [0.2, 0.25) is 0 Å². The highest BCUT2D eigenvalue weighted by Crippen LogP contribution is 2.43. The zero-order valence-corrected chi connectivity index (χ0v) is 19.2. The van der Waals surface area contributed by atoms with Crippen LogP contribution in [0.3, 0.4) is 0 Å². The van der Waals surface area contributed by atoms with E-state index >= 15 is 0 Å². The van der Waals surface area contributed by atoms with Crippen LogP contribution < -0.4 is 9.64 Å². The zero-order valence-electron chi connectivity index (χ0n) is 19.2. The van der Waals surface area contributed by atoms with Crippen LogP contribution in [0.15, 0.2) is 71.7 Å². The fourth-order valence-electron chi connectivity index (χ4n) is 4.73. The Morgan fingerprint density at radius 1 is 1.06 bits per heavy atom. The van der Waals surface area contributed by atoms with Gasteiger partial charge in [0.15, 0.2) is 0 Å². The Balaban J connectivity index is 1.50. The molecule has 0 saturated carbocycles. The molecule has 3 nitrogen and oxygen atoms in total. The quantitative estimate of drug-likeness (QED) is 0.402. The molecule has 3 aromatic rings. The third-order valence-corrected chi connectivity index (χ3v) is 6.25. The Bertz CT molecular complexity index is 1080. The molecule has 1 heterocycles. The lowest BCUT2D eigenvalue weighted by Crippen LogP contribution is -2.48. The van der Waals surface area contributed by atoms with Crippen LogP contribution in [0.5, 0.6) is 11.5 Å². The summed E-state index contributed by atoms with van der Waals surface area (Å²) in [5, 5.41) is 0. The summed E-state index contributed by atoms with van der Waals surface area (Å²) in [7, 11) is 0. The van der Waals surface area contributed by atoms with Crippen LogP contribution in [0, 0.1) is 6.92 Å². The van der Waals surface area contributed by atoms with Gasteiger partial charge >= 0.3 is 0 Å². The van der Waals surface area contributed by atoms with Gasteiger partial charge in [-0.1, -0.05) is 31.2 Å². The predicted molar refractivity (Wildman–Crippen MR) is 132 cm³/mol. The van der Waals surface area contributed by atoms with E-state index in [1.54, 1.807) is 0 Å². The van der Waals surface area contributed by atoms with Crippen molar-refractivity contribution in [3.8, 4) is 11.5 Å². The highest BCUT2D eigenvalue weighted by atomic mass is 16.5. The van der Waals surface area contributed by atoms with Gasteiger partial charge < -0.3 is 9.64 Å². The molecule has 0 saturated heterocycles. The van der Waals surface area contributed by atoms with E-state index < -0.39 is 0 Å². The number of benzene rings is 3. The number of rotatable bonds is 5. The summed E-state index contributed by atoms with van der Waals surface area (Å²) in [6, 6.07) is 22.7. The van der Waals surface area contributed by atoms with E-state index in [0.717, 1.165) is 41.3 Å². The van der Waals surface area contributed by atoms with Crippen molar-refractivity contribution in [1.82, 2.24) is 0 Å². The number of aliphatic imine (C=N–C) groups is 1. The molecule has 1 unspecified atom stereocenters. The minimum absolute atomic E-state index is 0.193. The maximum absolute atomic E-state index is 5.98. The van der Waals surface area contributed by atoms with Crippen LogP contribution in [0.1, 0.15) is 56.7 Å². The Kier molecular flexibility index (Phi) is 5.86. The Morgan fingerprint density at radius 2 is 1.81 bits per heavy atom. The van der Waals surface area contributed by atoms with Gasteiger partial charge in [0.25, 0.3) is 0 Å². The number of ether oxygens (including phenoxy) is 1. The lowest BCUT2D eigenvalue weighted by atomic mass is 9.79. The van der Waals surface area contributed by atoms with Crippen molar-refractivity contribution in [2.45, 2.75) is 52.5 Å².